The SMILES string of the molecule is CC(C)(C)C(CC(F)(F)C(F)(F)C(F)(F)C(F)(F)F)OC(=O)/C=C/C(=O)O. The summed E-state index contributed by atoms with van der Waals surface area (Å²) in [6.07, 6.45) is -11.2. The Labute approximate surface area is 147 Å². The number of carbonyl (C=O) groups is 2. The van der Waals surface area contributed by atoms with Crippen LogP contribution in [0.1, 0.15) is 27.2 Å². The molecule has 0 aromatic carbocycles. The second-order valence-corrected chi connectivity index (χ2v) is 6.52. The molecule has 0 radical (unpaired) electrons. The average Bonchev–Trinajstić information content (AvgIpc) is 2.41. The number of alkyl halides is 9. The number of carboxylic acid groups (broad SMARTS) is 1. The lowest BCUT2D eigenvalue weighted by atomic mass is 9.83. The third-order valence-corrected chi connectivity index (χ3v) is 3.24. The maximum absolute atomic E-state index is 13.7. The van der Waals surface area contributed by atoms with Crippen LogP contribution in [0.3, 0.4) is 0 Å². The third-order valence-electron chi connectivity index (χ3n) is 3.24. The van der Waals surface area contributed by atoms with Gasteiger partial charge >= 0.3 is 35.9 Å². The predicted octanol–water partition coefficient (Wildman–Crippen LogP) is 4.44. The number of halogens is 9. The van der Waals surface area contributed by atoms with Crippen molar-refractivity contribution in [3.05, 3.63) is 12.2 Å². The van der Waals surface area contributed by atoms with Crippen LogP contribution in [-0.4, -0.2) is 47.1 Å². The summed E-state index contributed by atoms with van der Waals surface area (Å²) in [6.45, 7) is 3.17. The molecular weight excluding hydrogens is 403 g/mol. The highest BCUT2D eigenvalue weighted by molar-refractivity contribution is 5.90. The summed E-state index contributed by atoms with van der Waals surface area (Å²) in [5, 5.41) is 8.31. The third kappa shape index (κ3) is 5.76. The molecule has 0 bridgehead atoms. The first-order chi connectivity index (χ1) is 11.7. The van der Waals surface area contributed by atoms with E-state index in [4.69, 9.17) is 5.11 Å². The van der Waals surface area contributed by atoms with Crippen LogP contribution in [0, 0.1) is 5.41 Å². The molecule has 0 aromatic heterocycles. The molecular formula is C14H15F9O4. The quantitative estimate of drug-likeness (QED) is 0.377. The number of rotatable bonds is 7. The Balaban J connectivity index is 5.77. The Morgan fingerprint density at radius 1 is 0.889 bits per heavy atom. The molecule has 0 heterocycles. The van der Waals surface area contributed by atoms with Gasteiger partial charge < -0.3 is 9.84 Å². The average molecular weight is 418 g/mol. The minimum absolute atomic E-state index is 0.215. The Kier molecular flexibility index (Phi) is 7.04. The second-order valence-electron chi connectivity index (χ2n) is 6.52. The fraction of sp³-hybridized carbons (Fsp3) is 0.714. The smallest absolute Gasteiger partial charge is 0.460 e. The number of aliphatic carboxylic acids is 1. The lowest BCUT2D eigenvalue weighted by Crippen LogP contribution is -2.62. The summed E-state index contributed by atoms with van der Waals surface area (Å²) in [5.41, 5.74) is -1.60. The first-order valence-electron chi connectivity index (χ1n) is 6.98. The zero-order valence-corrected chi connectivity index (χ0v) is 14.0. The van der Waals surface area contributed by atoms with Crippen LogP contribution in [0.15, 0.2) is 12.2 Å². The van der Waals surface area contributed by atoms with Gasteiger partial charge in [-0.2, -0.15) is 39.5 Å². The summed E-state index contributed by atoms with van der Waals surface area (Å²) in [4.78, 5) is 21.6. The van der Waals surface area contributed by atoms with E-state index in [9.17, 15) is 49.1 Å². The van der Waals surface area contributed by atoms with Crippen LogP contribution in [0.5, 0.6) is 0 Å². The number of carboxylic acids is 1. The minimum Gasteiger partial charge on any atom is -0.478 e. The number of esters is 1. The van der Waals surface area contributed by atoms with Gasteiger partial charge in [0.05, 0.1) is 6.42 Å². The van der Waals surface area contributed by atoms with E-state index in [0.29, 0.717) is 0 Å². The van der Waals surface area contributed by atoms with Crippen LogP contribution in [0.25, 0.3) is 0 Å². The van der Waals surface area contributed by atoms with Gasteiger partial charge in [-0.1, -0.05) is 20.8 Å². The molecule has 0 aromatic rings. The fourth-order valence-electron chi connectivity index (χ4n) is 1.61. The van der Waals surface area contributed by atoms with Gasteiger partial charge in [-0.3, -0.25) is 0 Å². The monoisotopic (exact) mass is 418 g/mol. The second kappa shape index (κ2) is 7.58. The normalized spacial score (nSPS) is 15.7. The van der Waals surface area contributed by atoms with Crippen molar-refractivity contribution in [3.8, 4) is 0 Å². The zero-order chi connectivity index (χ0) is 22.1. The van der Waals surface area contributed by atoms with Crippen LogP contribution < -0.4 is 0 Å². The maximum atomic E-state index is 13.7. The van der Waals surface area contributed by atoms with Crippen molar-refractivity contribution < 1.29 is 58.9 Å². The van der Waals surface area contributed by atoms with E-state index in [1.54, 1.807) is 0 Å². The molecule has 0 saturated heterocycles. The molecule has 0 rings (SSSR count). The van der Waals surface area contributed by atoms with Crippen molar-refractivity contribution in [2.24, 2.45) is 5.41 Å². The van der Waals surface area contributed by atoms with Crippen LogP contribution in [0.2, 0.25) is 0 Å². The van der Waals surface area contributed by atoms with E-state index in [1.807, 2.05) is 0 Å². The van der Waals surface area contributed by atoms with E-state index in [1.165, 1.54) is 0 Å². The van der Waals surface area contributed by atoms with Crippen molar-refractivity contribution in [1.29, 1.82) is 0 Å². The molecule has 4 nitrogen and oxygen atoms in total. The Morgan fingerprint density at radius 3 is 1.67 bits per heavy atom. The van der Waals surface area contributed by atoms with E-state index in [0.717, 1.165) is 20.8 Å². The van der Waals surface area contributed by atoms with Gasteiger partial charge in [-0.15, -0.1) is 0 Å². The molecule has 158 valence electrons. The maximum Gasteiger partial charge on any atom is 0.460 e. The summed E-state index contributed by atoms with van der Waals surface area (Å²) < 4.78 is 121. The minimum atomic E-state index is -7.06. The molecule has 0 saturated carbocycles. The number of hydrogen-bond donors (Lipinski definition) is 1. The molecule has 0 aliphatic rings. The molecule has 1 atom stereocenters. The van der Waals surface area contributed by atoms with Gasteiger partial charge in [0.2, 0.25) is 0 Å². The van der Waals surface area contributed by atoms with Gasteiger partial charge in [0.25, 0.3) is 0 Å². The number of carbonyl (C=O) groups excluding carboxylic acids is 1. The van der Waals surface area contributed by atoms with Gasteiger partial charge in [0, 0.05) is 12.2 Å². The number of hydrogen-bond acceptors (Lipinski definition) is 3. The highest BCUT2D eigenvalue weighted by Gasteiger charge is 2.81. The van der Waals surface area contributed by atoms with E-state index < -0.39 is 53.8 Å². The van der Waals surface area contributed by atoms with Crippen molar-refractivity contribution in [3.63, 3.8) is 0 Å². The highest BCUT2D eigenvalue weighted by atomic mass is 19.4. The molecule has 0 amide bonds. The lowest BCUT2D eigenvalue weighted by molar-refractivity contribution is -0.398. The first-order valence-corrected chi connectivity index (χ1v) is 6.98. The summed E-state index contributed by atoms with van der Waals surface area (Å²) >= 11 is 0. The standard InChI is InChI=1S/C14H15F9O4/c1-10(2,3)7(27-9(26)5-4-8(24)25)6-11(15,16)12(17,18)13(19,20)14(21,22)23/h4-5,7H,6H2,1-3H3,(H,24,25)/b5-4+. The Morgan fingerprint density at radius 2 is 1.33 bits per heavy atom. The Hall–Kier alpha value is -1.95. The van der Waals surface area contributed by atoms with Crippen LogP contribution in [-0.2, 0) is 14.3 Å². The summed E-state index contributed by atoms with van der Waals surface area (Å²) in [6, 6.07) is 0. The van der Waals surface area contributed by atoms with E-state index >= 15 is 0 Å². The Bertz CT molecular complexity index is 588. The molecule has 0 spiro atoms. The molecule has 0 fully saturated rings. The lowest BCUT2D eigenvalue weighted by Gasteiger charge is -2.38. The van der Waals surface area contributed by atoms with Crippen molar-refractivity contribution in [2.75, 3.05) is 0 Å². The predicted molar refractivity (Wildman–Crippen MR) is 71.6 cm³/mol. The largest absolute Gasteiger partial charge is 0.478 e. The molecule has 0 aliphatic carbocycles. The van der Waals surface area contributed by atoms with Crippen molar-refractivity contribution >= 4 is 11.9 Å². The first kappa shape index (κ1) is 25.1. The topological polar surface area (TPSA) is 63.6 Å². The molecule has 1 N–H and O–H groups in total. The van der Waals surface area contributed by atoms with E-state index in [2.05, 4.69) is 4.74 Å². The highest BCUT2D eigenvalue weighted by Crippen LogP contribution is 2.55. The zero-order valence-electron chi connectivity index (χ0n) is 14.0. The summed E-state index contributed by atoms with van der Waals surface area (Å²) in [5.74, 6) is -23.1. The van der Waals surface area contributed by atoms with Gasteiger partial charge in [-0.25, -0.2) is 9.59 Å². The van der Waals surface area contributed by atoms with E-state index in [-0.39, 0.29) is 12.2 Å². The summed E-state index contributed by atoms with van der Waals surface area (Å²) in [7, 11) is 0. The molecule has 27 heavy (non-hydrogen) atoms. The van der Waals surface area contributed by atoms with Gasteiger partial charge in [0.1, 0.15) is 6.10 Å². The van der Waals surface area contributed by atoms with Crippen molar-refractivity contribution in [2.45, 2.75) is 57.2 Å². The van der Waals surface area contributed by atoms with Crippen molar-refractivity contribution in [1.82, 2.24) is 0 Å². The molecule has 13 heteroatoms. The van der Waals surface area contributed by atoms with Gasteiger partial charge in [-0.05, 0) is 5.41 Å². The van der Waals surface area contributed by atoms with Crippen LogP contribution >= 0.6 is 0 Å². The molecule has 0 aliphatic heterocycles. The van der Waals surface area contributed by atoms with Crippen LogP contribution in [0.4, 0.5) is 39.5 Å². The molecule has 1 unspecified atom stereocenters. The van der Waals surface area contributed by atoms with Gasteiger partial charge in [0.15, 0.2) is 0 Å². The fourth-order valence-corrected chi connectivity index (χ4v) is 1.61. The number of ether oxygens (including phenoxy) is 1.